The summed E-state index contributed by atoms with van der Waals surface area (Å²) < 4.78 is 37.6. The number of imide groups is 1. The van der Waals surface area contributed by atoms with Crippen LogP contribution in [0.25, 0.3) is 11.2 Å². The lowest BCUT2D eigenvalue weighted by molar-refractivity contribution is -0.117. The lowest BCUT2D eigenvalue weighted by Gasteiger charge is -2.36. The third-order valence-electron chi connectivity index (χ3n) is 9.00. The largest absolute Gasteiger partial charge is 0.459 e. The van der Waals surface area contributed by atoms with Crippen molar-refractivity contribution in [3.05, 3.63) is 119 Å². The fourth-order valence-corrected chi connectivity index (χ4v) is 7.33. The predicted molar refractivity (Wildman–Crippen MR) is 233 cm³/mol. The number of alkyl halides is 1. The van der Waals surface area contributed by atoms with Gasteiger partial charge in [-0.15, -0.1) is 6.42 Å². The minimum atomic E-state index is -2.39. The summed E-state index contributed by atoms with van der Waals surface area (Å²) in [6.07, 6.45) is 3.04. The minimum Gasteiger partial charge on any atom is -0.459 e. The molecular formula is C44H41ClIN5O11. The quantitative estimate of drug-likeness (QED) is 0.0429. The van der Waals surface area contributed by atoms with Crippen molar-refractivity contribution in [2.24, 2.45) is 0 Å². The van der Waals surface area contributed by atoms with Crippen LogP contribution >= 0.6 is 34.2 Å². The van der Waals surface area contributed by atoms with Crippen LogP contribution in [0.2, 0.25) is 5.02 Å². The number of imidazole rings is 1. The van der Waals surface area contributed by atoms with Gasteiger partial charge in [-0.25, -0.2) is 38.9 Å². The van der Waals surface area contributed by atoms with Crippen LogP contribution < -0.4 is 4.90 Å². The van der Waals surface area contributed by atoms with Gasteiger partial charge < -0.3 is 28.4 Å². The van der Waals surface area contributed by atoms with Crippen LogP contribution in [0.5, 0.6) is 0 Å². The van der Waals surface area contributed by atoms with Crippen molar-refractivity contribution in [2.75, 3.05) is 15.9 Å². The number of fused-ring (bicyclic) bond motifs is 1. The molecule has 3 heterocycles. The highest BCUT2D eigenvalue weighted by molar-refractivity contribution is 14.1. The monoisotopic (exact) mass is 977 g/mol. The van der Waals surface area contributed by atoms with E-state index in [2.05, 4.69) is 20.9 Å². The first-order chi connectivity index (χ1) is 29.3. The minimum absolute atomic E-state index is 0.0823. The van der Waals surface area contributed by atoms with Gasteiger partial charge in [0, 0.05) is 9.45 Å². The average Bonchev–Trinajstić information content (AvgIpc) is 3.77. The predicted octanol–water partition coefficient (Wildman–Crippen LogP) is 8.17. The molecule has 1 saturated heterocycles. The van der Waals surface area contributed by atoms with Crippen LogP contribution in [0.1, 0.15) is 78.8 Å². The number of ether oxygens (including phenoxy) is 6. The molecule has 0 unspecified atom stereocenters. The first-order valence-electron chi connectivity index (χ1n) is 18.9. The number of hydrogen-bond donors (Lipinski definition) is 0. The average molecular weight is 978 g/mol. The Balaban J connectivity index is 1.55. The summed E-state index contributed by atoms with van der Waals surface area (Å²) in [5.74, 6) is -0.386. The van der Waals surface area contributed by atoms with Crippen molar-refractivity contribution in [2.45, 2.75) is 76.3 Å². The Bertz CT molecular complexity index is 2510. The van der Waals surface area contributed by atoms with Crippen LogP contribution in [-0.4, -0.2) is 89.2 Å². The molecule has 16 nitrogen and oxygen atoms in total. The molecule has 0 bridgehead atoms. The highest BCUT2D eigenvalue weighted by Gasteiger charge is 2.70. The number of carbonyl (C=O) groups excluding carboxylic acids is 5. The number of nitrogens with zero attached hydrogens (tertiary/aromatic N) is 5. The Morgan fingerprint density at radius 1 is 0.823 bits per heavy atom. The highest BCUT2D eigenvalue weighted by atomic mass is 127. The van der Waals surface area contributed by atoms with Gasteiger partial charge in [-0.1, -0.05) is 76.7 Å². The fourth-order valence-electron chi connectivity index (χ4n) is 6.34. The Morgan fingerprint density at radius 3 is 1.95 bits per heavy atom. The summed E-state index contributed by atoms with van der Waals surface area (Å²) in [6.45, 7) is 9.08. The molecule has 1 fully saturated rings. The van der Waals surface area contributed by atoms with Gasteiger partial charge in [0.25, 0.3) is 5.60 Å². The van der Waals surface area contributed by atoms with Crippen LogP contribution in [0.4, 0.5) is 15.4 Å². The number of amides is 2. The topological polar surface area (TPSA) is 188 Å². The lowest BCUT2D eigenvalue weighted by atomic mass is 9.87. The molecule has 62 heavy (non-hydrogen) atoms. The van der Waals surface area contributed by atoms with E-state index in [0.717, 1.165) is 6.33 Å². The van der Waals surface area contributed by atoms with E-state index in [9.17, 15) is 24.0 Å². The van der Waals surface area contributed by atoms with Crippen LogP contribution in [0, 0.1) is 12.3 Å². The van der Waals surface area contributed by atoms with Crippen molar-refractivity contribution in [3.63, 3.8) is 0 Å². The Labute approximate surface area is 375 Å². The zero-order valence-corrected chi connectivity index (χ0v) is 37.3. The third-order valence-corrected chi connectivity index (χ3v) is 10.5. The van der Waals surface area contributed by atoms with E-state index in [1.807, 2.05) is 22.6 Å². The normalized spacial score (nSPS) is 19.8. The zero-order chi connectivity index (χ0) is 45.0. The summed E-state index contributed by atoms with van der Waals surface area (Å²) in [5.41, 5.74) is -6.30. The SMILES string of the molecule is C#C[C@@]1(OC(=O)c2ccccc2)[C@H](OC(=O)c2ccccc2)[C@@](CI)(COC(=O)c2cccc(Cl)c2)O[C@H]1n1cnc2c(N(C(=O)OC(C)(C)C)C(=O)OC(C)(C)C)ncnc21. The molecule has 0 radical (unpaired) electrons. The Morgan fingerprint density at radius 2 is 1.40 bits per heavy atom. The molecule has 5 aromatic rings. The molecule has 322 valence electrons. The number of carbonyl (C=O) groups is 5. The number of esters is 3. The number of rotatable bonds is 10. The van der Waals surface area contributed by atoms with E-state index in [4.69, 9.17) is 46.4 Å². The van der Waals surface area contributed by atoms with Crippen molar-refractivity contribution in [1.29, 1.82) is 0 Å². The van der Waals surface area contributed by atoms with Gasteiger partial charge in [-0.05, 0) is 89.9 Å². The second-order valence-corrected chi connectivity index (χ2v) is 17.1. The maximum Gasteiger partial charge on any atom is 0.425 e. The van der Waals surface area contributed by atoms with E-state index < -0.39 is 71.4 Å². The van der Waals surface area contributed by atoms with Crippen molar-refractivity contribution in [3.8, 4) is 12.3 Å². The molecule has 1 aliphatic heterocycles. The van der Waals surface area contributed by atoms with E-state index in [1.54, 1.807) is 90.1 Å². The van der Waals surface area contributed by atoms with Crippen molar-refractivity contribution < 1.29 is 52.4 Å². The van der Waals surface area contributed by atoms with Gasteiger partial charge >= 0.3 is 30.1 Å². The van der Waals surface area contributed by atoms with Crippen LogP contribution in [-0.2, 0) is 28.4 Å². The van der Waals surface area contributed by atoms with Gasteiger partial charge in [0.1, 0.15) is 24.1 Å². The molecule has 18 heteroatoms. The molecule has 2 aromatic heterocycles. The summed E-state index contributed by atoms with van der Waals surface area (Å²) >= 11 is 8.14. The Kier molecular flexibility index (Phi) is 13.3. The van der Waals surface area contributed by atoms with E-state index in [0.29, 0.717) is 4.90 Å². The maximum atomic E-state index is 14.2. The maximum absolute atomic E-state index is 14.2. The highest BCUT2D eigenvalue weighted by Crippen LogP contribution is 2.51. The first-order valence-corrected chi connectivity index (χ1v) is 20.8. The second kappa shape index (κ2) is 18.1. The molecule has 0 N–H and O–H groups in total. The van der Waals surface area contributed by atoms with Gasteiger partial charge in [0.15, 0.2) is 34.9 Å². The molecule has 0 saturated carbocycles. The standard InChI is InChI=1S/C44H41ClIN5O11/c1-8-44(59-36(54)28-18-13-10-14-19-28)37(58-35(53)27-16-11-9-12-17-27)43(23-46,24-57-34(52)29-20-15-21-30(45)22-29)60-38(44)50-26-49-31-32(50)47-25-48-33(31)51(39(55)61-41(2,3)4)40(56)62-42(5,6)7/h1,9-22,25-26,37-38H,23-24H2,2-7H3/t37-,38-,43-,44-/m1/s1. The molecule has 0 aliphatic carbocycles. The summed E-state index contributed by atoms with van der Waals surface area (Å²) in [4.78, 5) is 83.0. The molecule has 1 aliphatic rings. The summed E-state index contributed by atoms with van der Waals surface area (Å²) in [7, 11) is 0. The molecule has 4 atom stereocenters. The van der Waals surface area contributed by atoms with E-state index in [-0.39, 0.29) is 43.1 Å². The number of benzene rings is 3. The van der Waals surface area contributed by atoms with Crippen LogP contribution in [0.3, 0.4) is 0 Å². The number of halogens is 2. The van der Waals surface area contributed by atoms with E-state index >= 15 is 0 Å². The Hall–Kier alpha value is -6.10. The summed E-state index contributed by atoms with van der Waals surface area (Å²) in [6, 6.07) is 21.9. The van der Waals surface area contributed by atoms with Gasteiger partial charge in [0.05, 0.1) is 23.0 Å². The molecular weight excluding hydrogens is 937 g/mol. The van der Waals surface area contributed by atoms with E-state index in [1.165, 1.54) is 47.3 Å². The number of terminal acetylenes is 1. The fraction of sp³-hybridized carbons (Fsp3) is 0.318. The van der Waals surface area contributed by atoms with Crippen molar-refractivity contribution >= 4 is 81.3 Å². The van der Waals surface area contributed by atoms with Crippen LogP contribution in [0.15, 0.2) is 97.6 Å². The zero-order valence-electron chi connectivity index (χ0n) is 34.4. The smallest absolute Gasteiger partial charge is 0.425 e. The first kappa shape index (κ1) is 45.4. The second-order valence-electron chi connectivity index (χ2n) is 15.9. The van der Waals surface area contributed by atoms with Gasteiger partial charge in [-0.2, -0.15) is 4.90 Å². The number of anilines is 1. The molecule has 6 rings (SSSR count). The molecule has 2 amide bonds. The summed E-state index contributed by atoms with van der Waals surface area (Å²) in [5, 5.41) is 0.277. The number of aromatic nitrogens is 4. The molecule has 0 spiro atoms. The third kappa shape index (κ3) is 9.67. The van der Waals surface area contributed by atoms with Crippen molar-refractivity contribution in [1.82, 2.24) is 19.5 Å². The molecule has 3 aromatic carbocycles. The lowest BCUT2D eigenvalue weighted by Crippen LogP contribution is -2.57. The number of hydrogen-bond acceptors (Lipinski definition) is 14. The van der Waals surface area contributed by atoms with Gasteiger partial charge in [0.2, 0.25) is 0 Å². The van der Waals surface area contributed by atoms with Gasteiger partial charge in [-0.3, -0.25) is 4.57 Å².